The summed E-state index contributed by atoms with van der Waals surface area (Å²) in [6, 6.07) is 1.39. The van der Waals surface area contributed by atoms with Crippen molar-refractivity contribution in [1.29, 1.82) is 0 Å². The molecule has 0 bridgehead atoms. The molecule has 1 fully saturated rings. The van der Waals surface area contributed by atoms with Gasteiger partial charge in [-0.3, -0.25) is 0 Å². The van der Waals surface area contributed by atoms with Crippen LogP contribution in [0.3, 0.4) is 0 Å². The molecule has 0 unspecified atom stereocenters. The van der Waals surface area contributed by atoms with Crippen molar-refractivity contribution in [3.63, 3.8) is 0 Å². The van der Waals surface area contributed by atoms with Crippen LogP contribution >= 0.6 is 11.3 Å². The van der Waals surface area contributed by atoms with Crippen LogP contribution in [0, 0.1) is 5.92 Å². The number of sulfonamides is 1. The summed E-state index contributed by atoms with van der Waals surface area (Å²) >= 11 is 0.949. The van der Waals surface area contributed by atoms with Gasteiger partial charge < -0.3 is 5.11 Å². The highest BCUT2D eigenvalue weighted by atomic mass is 32.2. The number of hydrogen-bond acceptors (Lipinski definition) is 4. The van der Waals surface area contributed by atoms with Gasteiger partial charge in [-0.2, -0.15) is 4.31 Å². The molecule has 1 aliphatic rings. The normalized spacial score (nSPS) is 15.9. The van der Waals surface area contributed by atoms with Crippen LogP contribution in [0.1, 0.15) is 35.9 Å². The summed E-state index contributed by atoms with van der Waals surface area (Å²) in [4.78, 5) is 10.9. The molecule has 1 N–H and O–H groups in total. The molecule has 19 heavy (non-hydrogen) atoms. The zero-order valence-electron chi connectivity index (χ0n) is 10.7. The van der Waals surface area contributed by atoms with E-state index in [1.165, 1.54) is 15.8 Å². The third-order valence-corrected chi connectivity index (χ3v) is 6.01. The Morgan fingerprint density at radius 3 is 2.74 bits per heavy atom. The average molecular weight is 303 g/mol. The van der Waals surface area contributed by atoms with Gasteiger partial charge in [-0.1, -0.05) is 6.92 Å². The second-order valence-corrected chi connectivity index (χ2v) is 7.55. The van der Waals surface area contributed by atoms with Crippen LogP contribution in [0.4, 0.5) is 0 Å². The topological polar surface area (TPSA) is 74.7 Å². The summed E-state index contributed by atoms with van der Waals surface area (Å²) in [5.74, 6) is -0.746. The predicted octanol–water partition coefficient (Wildman–Crippen LogP) is 2.26. The van der Waals surface area contributed by atoms with Crippen LogP contribution in [0.15, 0.2) is 16.3 Å². The Morgan fingerprint density at radius 2 is 2.21 bits per heavy atom. The molecule has 0 aromatic carbocycles. The van der Waals surface area contributed by atoms with E-state index >= 15 is 0 Å². The maximum absolute atomic E-state index is 12.5. The van der Waals surface area contributed by atoms with E-state index in [0.717, 1.165) is 30.6 Å². The van der Waals surface area contributed by atoms with Crippen molar-refractivity contribution in [2.45, 2.75) is 31.1 Å². The van der Waals surface area contributed by atoms with Crippen molar-refractivity contribution < 1.29 is 18.3 Å². The van der Waals surface area contributed by atoms with Gasteiger partial charge in [0.15, 0.2) is 0 Å². The van der Waals surface area contributed by atoms with Crippen LogP contribution in [0.25, 0.3) is 0 Å². The van der Waals surface area contributed by atoms with Crippen molar-refractivity contribution in [2.75, 3.05) is 13.1 Å². The summed E-state index contributed by atoms with van der Waals surface area (Å²) in [5, 5.41) is 10.6. The van der Waals surface area contributed by atoms with Gasteiger partial charge in [-0.25, -0.2) is 13.2 Å². The minimum atomic E-state index is -3.69. The number of rotatable bonds is 7. The third-order valence-electron chi connectivity index (χ3n) is 3.07. The maximum atomic E-state index is 12.5. The van der Waals surface area contributed by atoms with E-state index in [2.05, 4.69) is 0 Å². The first-order valence-corrected chi connectivity index (χ1v) is 8.59. The molecule has 106 valence electrons. The predicted molar refractivity (Wildman–Crippen MR) is 73.1 cm³/mol. The number of aromatic carboxylic acids is 1. The highest BCUT2D eigenvalue weighted by Crippen LogP contribution is 2.33. The minimum Gasteiger partial charge on any atom is -0.477 e. The van der Waals surface area contributed by atoms with E-state index < -0.39 is 16.0 Å². The highest BCUT2D eigenvalue weighted by molar-refractivity contribution is 7.89. The quantitative estimate of drug-likeness (QED) is 0.838. The smallest absolute Gasteiger partial charge is 0.347 e. The molecular weight excluding hydrogens is 286 g/mol. The van der Waals surface area contributed by atoms with Crippen LogP contribution in [-0.4, -0.2) is 36.9 Å². The fourth-order valence-electron chi connectivity index (χ4n) is 1.94. The standard InChI is InChI=1S/C12H17NO4S2/c1-2-6-13(8-9-3-4-9)19(16,17)10-5-7-18-11(10)12(14)15/h5,7,9H,2-4,6,8H2,1H3,(H,14,15). The van der Waals surface area contributed by atoms with Gasteiger partial charge in [0.2, 0.25) is 10.0 Å². The molecule has 0 spiro atoms. The molecule has 1 aliphatic carbocycles. The number of carboxylic acid groups (broad SMARTS) is 1. The van der Waals surface area contributed by atoms with Crippen LogP contribution < -0.4 is 0 Å². The van der Waals surface area contributed by atoms with E-state index in [-0.39, 0.29) is 9.77 Å². The number of nitrogens with zero attached hydrogens (tertiary/aromatic N) is 1. The number of hydrogen-bond donors (Lipinski definition) is 1. The summed E-state index contributed by atoms with van der Waals surface area (Å²) in [7, 11) is -3.69. The number of thiophene rings is 1. The fourth-order valence-corrected chi connectivity index (χ4v) is 4.78. The Labute approximate surface area is 116 Å². The van der Waals surface area contributed by atoms with Crippen molar-refractivity contribution >= 4 is 27.3 Å². The molecule has 5 nitrogen and oxygen atoms in total. The zero-order chi connectivity index (χ0) is 14.0. The zero-order valence-corrected chi connectivity index (χ0v) is 12.3. The lowest BCUT2D eigenvalue weighted by molar-refractivity contribution is 0.0698. The lowest BCUT2D eigenvalue weighted by Gasteiger charge is -2.21. The molecule has 0 atom stereocenters. The van der Waals surface area contributed by atoms with Gasteiger partial charge >= 0.3 is 5.97 Å². The van der Waals surface area contributed by atoms with Crippen LogP contribution in [0.2, 0.25) is 0 Å². The van der Waals surface area contributed by atoms with Gasteiger partial charge in [0.05, 0.1) is 0 Å². The largest absolute Gasteiger partial charge is 0.477 e. The van der Waals surface area contributed by atoms with Gasteiger partial charge in [0, 0.05) is 13.1 Å². The maximum Gasteiger partial charge on any atom is 0.347 e. The first kappa shape index (κ1) is 14.5. The van der Waals surface area contributed by atoms with Crippen molar-refractivity contribution in [3.05, 3.63) is 16.3 Å². The summed E-state index contributed by atoms with van der Waals surface area (Å²) < 4.78 is 26.5. The van der Waals surface area contributed by atoms with E-state index in [4.69, 9.17) is 5.11 Å². The molecule has 1 aromatic heterocycles. The average Bonchev–Trinajstić information content (AvgIpc) is 3.01. The summed E-state index contributed by atoms with van der Waals surface area (Å²) in [6.07, 6.45) is 2.84. The molecular formula is C12H17NO4S2. The molecule has 2 rings (SSSR count). The Kier molecular flexibility index (Phi) is 4.27. The monoisotopic (exact) mass is 303 g/mol. The van der Waals surface area contributed by atoms with Gasteiger partial charge in [0.25, 0.3) is 0 Å². The van der Waals surface area contributed by atoms with E-state index in [0.29, 0.717) is 19.0 Å². The Balaban J connectivity index is 2.31. The lowest BCUT2D eigenvalue weighted by Crippen LogP contribution is -2.34. The molecule has 0 radical (unpaired) electrons. The summed E-state index contributed by atoms with van der Waals surface area (Å²) in [6.45, 7) is 2.86. The van der Waals surface area contributed by atoms with Crippen LogP contribution in [0.5, 0.6) is 0 Å². The minimum absolute atomic E-state index is 0.0703. The van der Waals surface area contributed by atoms with Gasteiger partial charge in [-0.15, -0.1) is 11.3 Å². The van der Waals surface area contributed by atoms with Crippen molar-refractivity contribution in [3.8, 4) is 0 Å². The van der Waals surface area contributed by atoms with Gasteiger partial charge in [0.1, 0.15) is 9.77 Å². The molecule has 1 heterocycles. The molecule has 0 saturated heterocycles. The molecule has 0 aliphatic heterocycles. The van der Waals surface area contributed by atoms with Crippen molar-refractivity contribution in [1.82, 2.24) is 4.31 Å². The number of carbonyl (C=O) groups is 1. The number of carboxylic acids is 1. The second-order valence-electron chi connectivity index (χ2n) is 4.73. The van der Waals surface area contributed by atoms with Crippen molar-refractivity contribution in [2.24, 2.45) is 5.92 Å². The highest BCUT2D eigenvalue weighted by Gasteiger charge is 2.33. The molecule has 0 amide bonds. The summed E-state index contributed by atoms with van der Waals surface area (Å²) in [5.41, 5.74) is 0. The lowest BCUT2D eigenvalue weighted by atomic mass is 10.4. The van der Waals surface area contributed by atoms with Crippen LogP contribution in [-0.2, 0) is 10.0 Å². The first-order valence-electron chi connectivity index (χ1n) is 6.27. The fraction of sp³-hybridized carbons (Fsp3) is 0.583. The second kappa shape index (κ2) is 5.60. The molecule has 1 saturated carbocycles. The molecule has 1 aromatic rings. The Morgan fingerprint density at radius 1 is 1.53 bits per heavy atom. The first-order chi connectivity index (χ1) is 8.96. The Hall–Kier alpha value is -0.920. The van der Waals surface area contributed by atoms with Gasteiger partial charge in [-0.05, 0) is 36.6 Å². The third kappa shape index (κ3) is 3.16. The Bertz CT molecular complexity index is 560. The SMILES string of the molecule is CCCN(CC1CC1)S(=O)(=O)c1ccsc1C(=O)O. The molecule has 7 heteroatoms. The van der Waals surface area contributed by atoms with E-state index in [1.54, 1.807) is 0 Å². The van der Waals surface area contributed by atoms with E-state index in [1.807, 2.05) is 6.92 Å². The van der Waals surface area contributed by atoms with E-state index in [9.17, 15) is 13.2 Å².